The first kappa shape index (κ1) is 17.9. The van der Waals surface area contributed by atoms with Crippen molar-refractivity contribution in [3.63, 3.8) is 0 Å². The summed E-state index contributed by atoms with van der Waals surface area (Å²) in [5, 5.41) is 11.6. The van der Waals surface area contributed by atoms with E-state index in [9.17, 15) is 14.4 Å². The van der Waals surface area contributed by atoms with Gasteiger partial charge in [0.15, 0.2) is 5.78 Å². The highest BCUT2D eigenvalue weighted by atomic mass is 32.1. The van der Waals surface area contributed by atoms with Gasteiger partial charge in [0.1, 0.15) is 0 Å². The Hall–Kier alpha value is -2.47. The van der Waals surface area contributed by atoms with Gasteiger partial charge in [0, 0.05) is 33.8 Å². The van der Waals surface area contributed by atoms with E-state index in [1.54, 1.807) is 35.6 Å². The van der Waals surface area contributed by atoms with Gasteiger partial charge in [0.25, 0.3) is 0 Å². The van der Waals surface area contributed by atoms with Crippen LogP contribution in [0.4, 0.5) is 5.69 Å². The van der Waals surface area contributed by atoms with Crippen LogP contribution in [0, 0.1) is 13.8 Å². The Morgan fingerprint density at radius 2 is 1.83 bits per heavy atom. The van der Waals surface area contributed by atoms with Crippen LogP contribution in [-0.4, -0.2) is 22.8 Å². The van der Waals surface area contributed by atoms with Crippen LogP contribution in [0.15, 0.2) is 30.3 Å². The number of rotatable bonds is 7. The van der Waals surface area contributed by atoms with Crippen LogP contribution in [0.25, 0.3) is 0 Å². The largest absolute Gasteiger partial charge is 0.481 e. The third kappa shape index (κ3) is 4.76. The zero-order chi connectivity index (χ0) is 17.7. The fourth-order valence-electron chi connectivity index (χ4n) is 2.44. The van der Waals surface area contributed by atoms with Crippen LogP contribution >= 0.6 is 11.3 Å². The molecule has 0 fully saturated rings. The summed E-state index contributed by atoms with van der Waals surface area (Å²) in [5.74, 6) is -1.31. The maximum absolute atomic E-state index is 12.2. The van der Waals surface area contributed by atoms with Gasteiger partial charge in [-0.25, -0.2) is 0 Å². The molecule has 0 saturated heterocycles. The third-order valence-corrected chi connectivity index (χ3v) is 4.52. The SMILES string of the molecule is Cc1cc(C(=O)CCC(=O)Nc2ccccc2CC(=O)O)c(C)s1. The Balaban J connectivity index is 1.95. The molecule has 1 aromatic heterocycles. The molecular weight excluding hydrogens is 326 g/mol. The molecule has 1 amide bonds. The summed E-state index contributed by atoms with van der Waals surface area (Å²) in [6.45, 7) is 3.84. The van der Waals surface area contributed by atoms with Crippen molar-refractivity contribution in [1.82, 2.24) is 0 Å². The summed E-state index contributed by atoms with van der Waals surface area (Å²) in [6, 6.07) is 8.61. The smallest absolute Gasteiger partial charge is 0.307 e. The van der Waals surface area contributed by atoms with Gasteiger partial charge in [-0.05, 0) is 31.5 Å². The molecule has 2 aromatic rings. The van der Waals surface area contributed by atoms with Crippen molar-refractivity contribution in [2.75, 3.05) is 5.32 Å². The number of carbonyl (C=O) groups excluding carboxylic acids is 2. The van der Waals surface area contributed by atoms with Gasteiger partial charge >= 0.3 is 5.97 Å². The molecule has 0 atom stereocenters. The first-order valence-corrected chi connectivity index (χ1v) is 8.38. The Morgan fingerprint density at radius 1 is 1.12 bits per heavy atom. The Morgan fingerprint density at radius 3 is 2.46 bits per heavy atom. The number of Topliss-reactive ketones (excluding diaryl/α,β-unsaturated/α-hetero) is 1. The molecule has 0 saturated carbocycles. The number of amides is 1. The molecule has 0 radical (unpaired) electrons. The predicted octanol–water partition coefficient (Wildman–Crippen LogP) is 3.59. The summed E-state index contributed by atoms with van der Waals surface area (Å²) >= 11 is 1.57. The number of aliphatic carboxylic acids is 1. The standard InChI is InChI=1S/C18H19NO4S/c1-11-9-14(12(2)24-11)16(20)7-8-17(21)19-15-6-4-3-5-13(15)10-18(22)23/h3-6,9H,7-8,10H2,1-2H3,(H,19,21)(H,22,23). The van der Waals surface area contributed by atoms with Crippen LogP contribution in [0.1, 0.15) is 38.5 Å². The van der Waals surface area contributed by atoms with Gasteiger partial charge < -0.3 is 10.4 Å². The monoisotopic (exact) mass is 345 g/mol. The van der Waals surface area contributed by atoms with Gasteiger partial charge in [0.05, 0.1) is 6.42 Å². The quantitative estimate of drug-likeness (QED) is 0.751. The molecule has 1 heterocycles. The second-order valence-electron chi connectivity index (χ2n) is 5.53. The van der Waals surface area contributed by atoms with E-state index in [2.05, 4.69) is 5.32 Å². The number of carboxylic acids is 1. The van der Waals surface area contributed by atoms with E-state index in [4.69, 9.17) is 5.11 Å². The molecule has 2 rings (SSSR count). The van der Waals surface area contributed by atoms with Crippen LogP contribution in [-0.2, 0) is 16.0 Å². The van der Waals surface area contributed by atoms with Crippen molar-refractivity contribution in [2.45, 2.75) is 33.1 Å². The minimum absolute atomic E-state index is 0.0502. The summed E-state index contributed by atoms with van der Waals surface area (Å²) < 4.78 is 0. The Bertz CT molecular complexity index is 779. The van der Waals surface area contributed by atoms with Crippen molar-refractivity contribution >= 4 is 34.7 Å². The average Bonchev–Trinajstić information content (AvgIpc) is 2.85. The normalized spacial score (nSPS) is 10.4. The van der Waals surface area contributed by atoms with Crippen molar-refractivity contribution in [3.8, 4) is 0 Å². The molecule has 2 N–H and O–H groups in total. The third-order valence-electron chi connectivity index (χ3n) is 3.55. The highest BCUT2D eigenvalue weighted by Gasteiger charge is 2.15. The van der Waals surface area contributed by atoms with E-state index in [1.807, 2.05) is 19.9 Å². The first-order valence-electron chi connectivity index (χ1n) is 7.56. The van der Waals surface area contributed by atoms with Gasteiger partial charge in [-0.15, -0.1) is 11.3 Å². The number of hydrogen-bond acceptors (Lipinski definition) is 4. The molecule has 5 nitrogen and oxygen atoms in total. The molecule has 0 unspecified atom stereocenters. The predicted molar refractivity (Wildman–Crippen MR) is 93.8 cm³/mol. The molecule has 0 spiro atoms. The highest BCUT2D eigenvalue weighted by molar-refractivity contribution is 7.12. The van der Waals surface area contributed by atoms with Gasteiger partial charge in [-0.3, -0.25) is 14.4 Å². The van der Waals surface area contributed by atoms with E-state index in [-0.39, 0.29) is 31.0 Å². The second kappa shape index (κ2) is 7.88. The number of para-hydroxylation sites is 1. The molecular formula is C18H19NO4S. The number of carbonyl (C=O) groups is 3. The lowest BCUT2D eigenvalue weighted by molar-refractivity contribution is -0.136. The number of aryl methyl sites for hydroxylation is 2. The van der Waals surface area contributed by atoms with Crippen LogP contribution < -0.4 is 5.32 Å². The van der Waals surface area contributed by atoms with Crippen molar-refractivity contribution in [1.29, 1.82) is 0 Å². The fraction of sp³-hybridized carbons (Fsp3) is 0.278. The van der Waals surface area contributed by atoms with Gasteiger partial charge in [0.2, 0.25) is 5.91 Å². The fourth-order valence-corrected chi connectivity index (χ4v) is 3.38. The van der Waals surface area contributed by atoms with Crippen LogP contribution in [0.2, 0.25) is 0 Å². The van der Waals surface area contributed by atoms with Crippen molar-refractivity contribution in [3.05, 3.63) is 51.2 Å². The highest BCUT2D eigenvalue weighted by Crippen LogP contribution is 2.22. The summed E-state index contributed by atoms with van der Waals surface area (Å²) in [7, 11) is 0. The van der Waals surface area contributed by atoms with Crippen LogP contribution in [0.3, 0.4) is 0 Å². The lowest BCUT2D eigenvalue weighted by Gasteiger charge is -2.09. The van der Waals surface area contributed by atoms with E-state index in [1.165, 1.54) is 0 Å². The zero-order valence-electron chi connectivity index (χ0n) is 13.6. The molecule has 0 aliphatic carbocycles. The number of hydrogen-bond donors (Lipinski definition) is 2. The van der Waals surface area contributed by atoms with Crippen LogP contribution in [0.5, 0.6) is 0 Å². The van der Waals surface area contributed by atoms with Gasteiger partial charge in [-0.1, -0.05) is 18.2 Å². The summed E-state index contributed by atoms with van der Waals surface area (Å²) in [6.07, 6.45) is 0.0290. The minimum Gasteiger partial charge on any atom is -0.481 e. The summed E-state index contributed by atoms with van der Waals surface area (Å²) in [4.78, 5) is 37.2. The Labute approximate surface area is 144 Å². The number of nitrogens with one attached hydrogen (secondary N) is 1. The maximum atomic E-state index is 12.2. The molecule has 0 aliphatic rings. The lowest BCUT2D eigenvalue weighted by Crippen LogP contribution is -2.15. The zero-order valence-corrected chi connectivity index (χ0v) is 14.4. The van der Waals surface area contributed by atoms with E-state index in [0.717, 1.165) is 9.75 Å². The molecule has 126 valence electrons. The topological polar surface area (TPSA) is 83.5 Å². The first-order chi connectivity index (χ1) is 11.4. The van der Waals surface area contributed by atoms with Crippen molar-refractivity contribution < 1.29 is 19.5 Å². The molecule has 0 aliphatic heterocycles. The number of ketones is 1. The average molecular weight is 345 g/mol. The Kier molecular flexibility index (Phi) is 5.87. The van der Waals surface area contributed by atoms with Gasteiger partial charge in [-0.2, -0.15) is 0 Å². The lowest BCUT2D eigenvalue weighted by atomic mass is 10.1. The van der Waals surface area contributed by atoms with E-state index in [0.29, 0.717) is 16.8 Å². The number of anilines is 1. The van der Waals surface area contributed by atoms with E-state index >= 15 is 0 Å². The molecule has 1 aromatic carbocycles. The van der Waals surface area contributed by atoms with E-state index < -0.39 is 5.97 Å². The molecule has 24 heavy (non-hydrogen) atoms. The number of carboxylic acid groups (broad SMARTS) is 1. The maximum Gasteiger partial charge on any atom is 0.307 e. The second-order valence-corrected chi connectivity index (χ2v) is 6.99. The molecule has 0 bridgehead atoms. The summed E-state index contributed by atoms with van der Waals surface area (Å²) in [5.41, 5.74) is 1.69. The number of thiophene rings is 1. The van der Waals surface area contributed by atoms with Crippen molar-refractivity contribution in [2.24, 2.45) is 0 Å². The number of benzene rings is 1. The molecule has 6 heteroatoms. The minimum atomic E-state index is -0.963.